The third-order valence-corrected chi connectivity index (χ3v) is 4.16. The molecule has 2 aromatic heterocycles. The van der Waals surface area contributed by atoms with Gasteiger partial charge in [0.2, 0.25) is 0 Å². The maximum Gasteiger partial charge on any atom is 0.267 e. The molecule has 0 radical (unpaired) electrons. The molecule has 2 N–H and O–H groups in total. The zero-order chi connectivity index (χ0) is 17.6. The fraction of sp³-hybridized carbons (Fsp3) is 0.222. The molecule has 0 fully saturated rings. The van der Waals surface area contributed by atoms with Crippen LogP contribution >= 0.6 is 11.6 Å². The van der Waals surface area contributed by atoms with E-state index in [0.29, 0.717) is 11.2 Å². The van der Waals surface area contributed by atoms with E-state index in [9.17, 15) is 9.18 Å². The molecule has 0 spiro atoms. The molecule has 4 nitrogen and oxygen atoms in total. The van der Waals surface area contributed by atoms with Gasteiger partial charge in [0.25, 0.3) is 5.91 Å². The first-order valence-corrected chi connectivity index (χ1v) is 7.84. The Labute approximate surface area is 144 Å². The van der Waals surface area contributed by atoms with Gasteiger partial charge in [0.05, 0.1) is 5.02 Å². The van der Waals surface area contributed by atoms with Crippen molar-refractivity contribution in [3.05, 3.63) is 53.1 Å². The van der Waals surface area contributed by atoms with Crippen molar-refractivity contribution < 1.29 is 9.18 Å². The Morgan fingerprint density at radius 1 is 1.25 bits per heavy atom. The van der Waals surface area contributed by atoms with Crippen molar-refractivity contribution >= 4 is 28.5 Å². The van der Waals surface area contributed by atoms with Crippen LogP contribution in [0.1, 0.15) is 31.3 Å². The number of carbonyl (C=O) groups is 1. The molecule has 124 valence electrons. The van der Waals surface area contributed by atoms with Crippen LogP contribution in [0.25, 0.3) is 22.2 Å². The Morgan fingerprint density at radius 3 is 2.54 bits per heavy atom. The third kappa shape index (κ3) is 2.76. The van der Waals surface area contributed by atoms with Crippen LogP contribution in [0.2, 0.25) is 5.02 Å². The Kier molecular flexibility index (Phi) is 3.84. The maximum absolute atomic E-state index is 13.9. The second-order valence-electron chi connectivity index (χ2n) is 6.64. The van der Waals surface area contributed by atoms with Crippen LogP contribution in [0.15, 0.2) is 36.5 Å². The molecule has 3 rings (SSSR count). The number of primary amides is 1. The van der Waals surface area contributed by atoms with Crippen molar-refractivity contribution in [2.24, 2.45) is 5.73 Å². The molecule has 24 heavy (non-hydrogen) atoms. The van der Waals surface area contributed by atoms with Crippen molar-refractivity contribution in [2.45, 2.75) is 26.3 Å². The second kappa shape index (κ2) is 5.60. The maximum atomic E-state index is 13.9. The standard InChI is InChI=1S/C18H17ClFN3O/c1-18(2,3)23-9-12(10-4-6-13(19)14(20)8-10)11-5-7-15(16(21)24)22-17(11)23/h4-9H,1-3H3,(H2,21,24). The highest BCUT2D eigenvalue weighted by atomic mass is 35.5. The summed E-state index contributed by atoms with van der Waals surface area (Å²) in [4.78, 5) is 15.8. The lowest BCUT2D eigenvalue weighted by atomic mass is 10.1. The van der Waals surface area contributed by atoms with E-state index in [-0.39, 0.29) is 16.3 Å². The van der Waals surface area contributed by atoms with Crippen LogP contribution in [-0.2, 0) is 5.54 Å². The van der Waals surface area contributed by atoms with E-state index in [1.165, 1.54) is 12.1 Å². The van der Waals surface area contributed by atoms with Gasteiger partial charge in [0, 0.05) is 22.7 Å². The molecule has 1 aromatic carbocycles. The van der Waals surface area contributed by atoms with Crippen LogP contribution in [0.5, 0.6) is 0 Å². The van der Waals surface area contributed by atoms with Crippen LogP contribution in [0, 0.1) is 5.82 Å². The Bertz CT molecular complexity index is 957. The van der Waals surface area contributed by atoms with Gasteiger partial charge in [-0.05, 0) is 50.6 Å². The number of nitrogens with zero attached hydrogens (tertiary/aromatic N) is 2. The lowest BCUT2D eigenvalue weighted by Crippen LogP contribution is -2.21. The van der Waals surface area contributed by atoms with Crippen LogP contribution in [-0.4, -0.2) is 15.5 Å². The second-order valence-corrected chi connectivity index (χ2v) is 7.05. The first-order valence-electron chi connectivity index (χ1n) is 7.46. The summed E-state index contributed by atoms with van der Waals surface area (Å²) < 4.78 is 15.8. The van der Waals surface area contributed by atoms with Gasteiger partial charge in [0.15, 0.2) is 0 Å². The van der Waals surface area contributed by atoms with Crippen LogP contribution in [0.4, 0.5) is 4.39 Å². The van der Waals surface area contributed by atoms with Crippen LogP contribution < -0.4 is 5.73 Å². The molecule has 0 aliphatic heterocycles. The van der Waals surface area contributed by atoms with E-state index < -0.39 is 11.7 Å². The highest BCUT2D eigenvalue weighted by Crippen LogP contribution is 2.34. The summed E-state index contributed by atoms with van der Waals surface area (Å²) in [6, 6.07) is 8.04. The molecule has 1 amide bonds. The minimum absolute atomic E-state index is 0.0763. The molecular weight excluding hydrogens is 329 g/mol. The van der Waals surface area contributed by atoms with E-state index in [1.807, 2.05) is 31.5 Å². The molecule has 0 aliphatic carbocycles. The fourth-order valence-electron chi connectivity index (χ4n) is 2.64. The number of aromatic nitrogens is 2. The lowest BCUT2D eigenvalue weighted by molar-refractivity contribution is 0.0995. The van der Waals surface area contributed by atoms with Gasteiger partial charge in [0.1, 0.15) is 17.2 Å². The summed E-state index contributed by atoms with van der Waals surface area (Å²) in [5.41, 5.74) is 7.41. The number of rotatable bonds is 2. The van der Waals surface area contributed by atoms with Gasteiger partial charge in [-0.1, -0.05) is 17.7 Å². The molecular formula is C18H17ClFN3O. The Hall–Kier alpha value is -2.40. The molecule has 3 aromatic rings. The number of halogens is 2. The zero-order valence-electron chi connectivity index (χ0n) is 13.6. The Balaban J connectivity index is 2.33. The summed E-state index contributed by atoms with van der Waals surface area (Å²) in [6.07, 6.45) is 1.91. The number of nitrogens with two attached hydrogens (primary N) is 1. The molecule has 6 heteroatoms. The smallest absolute Gasteiger partial charge is 0.267 e. The summed E-state index contributed by atoms with van der Waals surface area (Å²) in [5.74, 6) is -1.06. The first-order chi connectivity index (χ1) is 11.2. The first kappa shape index (κ1) is 16.5. The van der Waals surface area contributed by atoms with Crippen molar-refractivity contribution in [1.82, 2.24) is 9.55 Å². The number of carbonyl (C=O) groups excluding carboxylic acids is 1. The van der Waals surface area contributed by atoms with Crippen molar-refractivity contribution in [3.63, 3.8) is 0 Å². The highest BCUT2D eigenvalue weighted by Gasteiger charge is 2.21. The minimum Gasteiger partial charge on any atom is -0.364 e. The molecule has 0 atom stereocenters. The quantitative estimate of drug-likeness (QED) is 0.750. The van der Waals surface area contributed by atoms with Gasteiger partial charge in [-0.15, -0.1) is 0 Å². The largest absolute Gasteiger partial charge is 0.364 e. The predicted molar refractivity (Wildman–Crippen MR) is 93.7 cm³/mol. The average molecular weight is 346 g/mol. The Morgan fingerprint density at radius 2 is 1.96 bits per heavy atom. The number of hydrogen-bond donors (Lipinski definition) is 1. The van der Waals surface area contributed by atoms with Gasteiger partial charge < -0.3 is 10.3 Å². The lowest BCUT2D eigenvalue weighted by Gasteiger charge is -2.22. The number of pyridine rings is 1. The minimum atomic E-state index is -0.586. The van der Waals surface area contributed by atoms with Crippen molar-refractivity contribution in [1.29, 1.82) is 0 Å². The molecule has 0 unspecified atom stereocenters. The predicted octanol–water partition coefficient (Wildman–Crippen LogP) is 4.35. The van der Waals surface area contributed by atoms with Crippen LogP contribution in [0.3, 0.4) is 0 Å². The number of fused-ring (bicyclic) bond motifs is 1. The number of amides is 1. The summed E-state index contributed by atoms with van der Waals surface area (Å²) in [6.45, 7) is 6.08. The van der Waals surface area contributed by atoms with E-state index in [0.717, 1.165) is 10.9 Å². The van der Waals surface area contributed by atoms with Gasteiger partial charge >= 0.3 is 0 Å². The molecule has 0 aliphatic rings. The molecule has 2 heterocycles. The topological polar surface area (TPSA) is 60.9 Å². The summed E-state index contributed by atoms with van der Waals surface area (Å²) in [5, 5.41) is 0.893. The number of benzene rings is 1. The molecule has 0 bridgehead atoms. The van der Waals surface area contributed by atoms with Crippen molar-refractivity contribution in [3.8, 4) is 11.1 Å². The van der Waals surface area contributed by atoms with E-state index >= 15 is 0 Å². The van der Waals surface area contributed by atoms with E-state index in [2.05, 4.69) is 4.98 Å². The highest BCUT2D eigenvalue weighted by molar-refractivity contribution is 6.30. The average Bonchev–Trinajstić information content (AvgIpc) is 2.88. The van der Waals surface area contributed by atoms with E-state index in [1.54, 1.807) is 18.2 Å². The monoisotopic (exact) mass is 345 g/mol. The van der Waals surface area contributed by atoms with Gasteiger partial charge in [-0.2, -0.15) is 0 Å². The SMILES string of the molecule is CC(C)(C)n1cc(-c2ccc(Cl)c(F)c2)c2ccc(C(N)=O)nc21. The summed E-state index contributed by atoms with van der Waals surface area (Å²) >= 11 is 5.78. The number of hydrogen-bond acceptors (Lipinski definition) is 2. The third-order valence-electron chi connectivity index (χ3n) is 3.86. The van der Waals surface area contributed by atoms with Gasteiger partial charge in [-0.3, -0.25) is 4.79 Å². The normalized spacial score (nSPS) is 11.9. The summed E-state index contributed by atoms with van der Waals surface area (Å²) in [7, 11) is 0. The molecule has 0 saturated heterocycles. The zero-order valence-corrected chi connectivity index (χ0v) is 14.4. The van der Waals surface area contributed by atoms with Gasteiger partial charge in [-0.25, -0.2) is 9.37 Å². The van der Waals surface area contributed by atoms with Crippen molar-refractivity contribution in [2.75, 3.05) is 0 Å². The molecule has 0 saturated carbocycles. The fourth-order valence-corrected chi connectivity index (χ4v) is 2.76. The van der Waals surface area contributed by atoms with E-state index in [4.69, 9.17) is 17.3 Å².